The average molecular weight is 354 g/mol. The molecule has 0 unspecified atom stereocenters. The number of hydrogen-bond donors (Lipinski definition) is 2. The molecule has 1 rings (SSSR count). The van der Waals surface area contributed by atoms with Crippen molar-refractivity contribution in [2.24, 2.45) is 11.7 Å². The predicted molar refractivity (Wildman–Crippen MR) is 80.7 cm³/mol. The van der Waals surface area contributed by atoms with E-state index in [0.29, 0.717) is 22.4 Å². The molecule has 0 saturated heterocycles. The van der Waals surface area contributed by atoms with E-state index in [1.807, 2.05) is 0 Å². The van der Waals surface area contributed by atoms with Gasteiger partial charge in [0.15, 0.2) is 0 Å². The van der Waals surface area contributed by atoms with Crippen LogP contribution in [0.15, 0.2) is 16.6 Å². The van der Waals surface area contributed by atoms with Crippen LogP contribution in [0.2, 0.25) is 0 Å². The molecule has 0 amide bonds. The first-order chi connectivity index (χ1) is 8.32. The summed E-state index contributed by atoms with van der Waals surface area (Å²) in [4.78, 5) is 10.3. The number of benzene rings is 1. The summed E-state index contributed by atoms with van der Waals surface area (Å²) in [5.41, 5.74) is 6.32. The number of rotatable bonds is 5. The molecule has 0 fully saturated rings. The lowest BCUT2D eigenvalue weighted by Crippen LogP contribution is -2.12. The second-order valence-electron chi connectivity index (χ2n) is 4.70. The van der Waals surface area contributed by atoms with E-state index in [9.17, 15) is 15.2 Å². The number of non-ortho nitro benzene ring substituents is 1. The van der Waals surface area contributed by atoms with E-state index in [2.05, 4.69) is 29.8 Å². The highest BCUT2D eigenvalue weighted by Gasteiger charge is 2.19. The SMILES string of the molecule is CC(C)CC[C@@H](N)c1cc([N+](=O)[O-])cc(Br)c1O.Cl. The van der Waals surface area contributed by atoms with Crippen LogP contribution in [0, 0.1) is 16.0 Å². The molecule has 0 heterocycles. The lowest BCUT2D eigenvalue weighted by atomic mass is 9.97. The summed E-state index contributed by atoms with van der Waals surface area (Å²) in [6, 6.07) is 2.21. The predicted octanol–water partition coefficient (Wildman–Crippen LogP) is 3.92. The Balaban J connectivity index is 0.00000324. The van der Waals surface area contributed by atoms with E-state index >= 15 is 0 Å². The van der Waals surface area contributed by atoms with E-state index in [1.165, 1.54) is 12.1 Å². The number of phenolic OH excluding ortho intramolecular Hbond substituents is 1. The lowest BCUT2D eigenvalue weighted by molar-refractivity contribution is -0.385. The van der Waals surface area contributed by atoms with Crippen LogP contribution >= 0.6 is 28.3 Å². The number of nitrogens with zero attached hydrogens (tertiary/aromatic N) is 1. The molecule has 0 radical (unpaired) electrons. The second kappa shape index (κ2) is 7.67. The van der Waals surface area contributed by atoms with Crippen LogP contribution in [-0.4, -0.2) is 10.0 Å². The molecule has 3 N–H and O–H groups in total. The van der Waals surface area contributed by atoms with E-state index in [-0.39, 0.29) is 23.8 Å². The summed E-state index contributed by atoms with van der Waals surface area (Å²) >= 11 is 3.10. The standard InChI is InChI=1S/C12H17BrN2O3.ClH/c1-7(2)3-4-11(14)9-5-8(15(17)18)6-10(13)12(9)16;/h5-7,11,16H,3-4,14H2,1-2H3;1H/t11-;/m1./s1. The van der Waals surface area contributed by atoms with Crippen molar-refractivity contribution < 1.29 is 10.0 Å². The molecule has 1 aromatic rings. The fourth-order valence-electron chi connectivity index (χ4n) is 1.66. The normalized spacial score (nSPS) is 12.1. The molecule has 0 bridgehead atoms. The first-order valence-electron chi connectivity index (χ1n) is 5.75. The molecule has 0 spiro atoms. The van der Waals surface area contributed by atoms with Gasteiger partial charge in [0.2, 0.25) is 0 Å². The molecule has 0 aliphatic heterocycles. The van der Waals surface area contributed by atoms with E-state index in [4.69, 9.17) is 5.73 Å². The fraction of sp³-hybridized carbons (Fsp3) is 0.500. The number of phenols is 1. The first-order valence-corrected chi connectivity index (χ1v) is 6.54. The number of nitro benzene ring substituents is 1. The van der Waals surface area contributed by atoms with Crippen LogP contribution < -0.4 is 5.73 Å². The highest BCUT2D eigenvalue weighted by Crippen LogP contribution is 2.36. The lowest BCUT2D eigenvalue weighted by Gasteiger charge is -2.15. The van der Waals surface area contributed by atoms with E-state index in [0.717, 1.165) is 6.42 Å². The molecule has 1 aromatic carbocycles. The molecule has 5 nitrogen and oxygen atoms in total. The Morgan fingerprint density at radius 1 is 1.42 bits per heavy atom. The molecule has 108 valence electrons. The van der Waals surface area contributed by atoms with Crippen LogP contribution in [-0.2, 0) is 0 Å². The Morgan fingerprint density at radius 2 is 2.00 bits per heavy atom. The zero-order valence-corrected chi connectivity index (χ0v) is 13.2. The van der Waals surface area contributed by atoms with Crippen LogP contribution in [0.25, 0.3) is 0 Å². The smallest absolute Gasteiger partial charge is 0.271 e. The maximum atomic E-state index is 10.8. The van der Waals surface area contributed by atoms with Gasteiger partial charge in [0.1, 0.15) is 5.75 Å². The summed E-state index contributed by atoms with van der Waals surface area (Å²) in [5.74, 6) is 0.484. The minimum atomic E-state index is -0.497. The first kappa shape index (κ1) is 18.1. The average Bonchev–Trinajstić information content (AvgIpc) is 2.29. The third-order valence-electron chi connectivity index (χ3n) is 2.74. The number of halogens is 2. The largest absolute Gasteiger partial charge is 0.506 e. The van der Waals surface area contributed by atoms with Crippen LogP contribution in [0.5, 0.6) is 5.75 Å². The van der Waals surface area contributed by atoms with Crippen molar-refractivity contribution in [2.45, 2.75) is 32.7 Å². The van der Waals surface area contributed by atoms with Crippen LogP contribution in [0.3, 0.4) is 0 Å². The second-order valence-corrected chi connectivity index (χ2v) is 5.55. The molecule has 0 aliphatic carbocycles. The molecule has 1 atom stereocenters. The minimum absolute atomic E-state index is 0. The molecule has 0 saturated carbocycles. The van der Waals surface area contributed by atoms with Crippen molar-refractivity contribution in [1.82, 2.24) is 0 Å². The highest BCUT2D eigenvalue weighted by molar-refractivity contribution is 9.10. The molecule has 0 aliphatic rings. The molecular formula is C12H18BrClN2O3. The Kier molecular flexibility index (Phi) is 7.33. The van der Waals surface area contributed by atoms with Crippen molar-refractivity contribution in [1.29, 1.82) is 0 Å². The summed E-state index contributed by atoms with van der Waals surface area (Å²) in [6.07, 6.45) is 1.58. The van der Waals surface area contributed by atoms with Crippen molar-refractivity contribution >= 4 is 34.0 Å². The number of aromatic hydroxyl groups is 1. The fourth-order valence-corrected chi connectivity index (χ4v) is 2.13. The zero-order chi connectivity index (χ0) is 13.9. The van der Waals surface area contributed by atoms with E-state index in [1.54, 1.807) is 0 Å². The highest BCUT2D eigenvalue weighted by atomic mass is 79.9. The van der Waals surface area contributed by atoms with Crippen LogP contribution in [0.4, 0.5) is 5.69 Å². The Morgan fingerprint density at radius 3 is 2.47 bits per heavy atom. The topological polar surface area (TPSA) is 89.4 Å². The number of nitro groups is 1. The van der Waals surface area contributed by atoms with Gasteiger partial charge in [-0.05, 0) is 34.7 Å². The van der Waals surface area contributed by atoms with Gasteiger partial charge in [0, 0.05) is 23.7 Å². The molecule has 7 heteroatoms. The van der Waals surface area contributed by atoms with Gasteiger partial charge in [-0.2, -0.15) is 0 Å². The summed E-state index contributed by atoms with van der Waals surface area (Å²) in [7, 11) is 0. The maximum absolute atomic E-state index is 10.8. The summed E-state index contributed by atoms with van der Waals surface area (Å²) in [5, 5.41) is 20.7. The Labute approximate surface area is 126 Å². The Bertz CT molecular complexity index is 455. The summed E-state index contributed by atoms with van der Waals surface area (Å²) < 4.78 is 0.298. The molecule has 0 aromatic heterocycles. The van der Waals surface area contributed by atoms with Crippen LogP contribution in [0.1, 0.15) is 38.3 Å². The van der Waals surface area contributed by atoms with E-state index < -0.39 is 11.0 Å². The van der Waals surface area contributed by atoms with Gasteiger partial charge in [-0.25, -0.2) is 0 Å². The van der Waals surface area contributed by atoms with Gasteiger partial charge >= 0.3 is 0 Å². The third-order valence-corrected chi connectivity index (χ3v) is 3.35. The van der Waals surface area contributed by atoms with Gasteiger partial charge in [-0.3, -0.25) is 10.1 Å². The van der Waals surface area contributed by atoms with Gasteiger partial charge in [0.05, 0.1) is 9.40 Å². The quantitative estimate of drug-likeness (QED) is 0.620. The summed E-state index contributed by atoms with van der Waals surface area (Å²) in [6.45, 7) is 4.16. The van der Waals surface area contributed by atoms with Crippen molar-refractivity contribution in [2.75, 3.05) is 0 Å². The number of nitrogens with two attached hydrogens (primary N) is 1. The van der Waals surface area contributed by atoms with Gasteiger partial charge in [0.25, 0.3) is 5.69 Å². The maximum Gasteiger partial charge on any atom is 0.271 e. The van der Waals surface area contributed by atoms with Crippen molar-refractivity contribution in [3.63, 3.8) is 0 Å². The number of hydrogen-bond acceptors (Lipinski definition) is 4. The van der Waals surface area contributed by atoms with Crippen molar-refractivity contribution in [3.05, 3.63) is 32.3 Å². The minimum Gasteiger partial charge on any atom is -0.506 e. The Hall–Kier alpha value is -0.850. The third kappa shape index (κ3) is 4.97. The molecular weight excluding hydrogens is 336 g/mol. The van der Waals surface area contributed by atoms with Gasteiger partial charge in [-0.15, -0.1) is 12.4 Å². The monoisotopic (exact) mass is 352 g/mol. The van der Waals surface area contributed by atoms with Crippen molar-refractivity contribution in [3.8, 4) is 5.75 Å². The van der Waals surface area contributed by atoms with Gasteiger partial charge in [-0.1, -0.05) is 13.8 Å². The van der Waals surface area contributed by atoms with Gasteiger partial charge < -0.3 is 10.8 Å². The molecule has 19 heavy (non-hydrogen) atoms. The zero-order valence-electron chi connectivity index (χ0n) is 10.8.